The van der Waals surface area contributed by atoms with Crippen LogP contribution in [0.15, 0.2) is 61.7 Å². The number of hydrogen-bond donors (Lipinski definition) is 2. The van der Waals surface area contributed by atoms with Crippen LogP contribution in [-0.2, 0) is 12.8 Å². The van der Waals surface area contributed by atoms with E-state index < -0.39 is 0 Å². The molecule has 0 bridgehead atoms. The van der Waals surface area contributed by atoms with Gasteiger partial charge in [-0.2, -0.15) is 0 Å². The summed E-state index contributed by atoms with van der Waals surface area (Å²) in [7, 11) is 0. The number of phenols is 2. The van der Waals surface area contributed by atoms with Gasteiger partial charge in [0, 0.05) is 11.1 Å². The van der Waals surface area contributed by atoms with Crippen molar-refractivity contribution in [1.29, 1.82) is 0 Å². The number of hydrogen-bond acceptors (Lipinski definition) is 3. The van der Waals surface area contributed by atoms with E-state index in [0.29, 0.717) is 24.3 Å². The fourth-order valence-electron chi connectivity index (χ4n) is 2.02. The molecule has 2 aromatic carbocycles. The lowest BCUT2D eigenvalue weighted by Gasteiger charge is -2.10. The van der Waals surface area contributed by atoms with Crippen molar-refractivity contribution < 1.29 is 14.9 Å². The smallest absolute Gasteiger partial charge is 0.127 e. The molecule has 0 aromatic heterocycles. The molecule has 21 heavy (non-hydrogen) atoms. The third kappa shape index (κ3) is 3.66. The van der Waals surface area contributed by atoms with Crippen molar-refractivity contribution in [1.82, 2.24) is 0 Å². The van der Waals surface area contributed by atoms with E-state index in [1.807, 2.05) is 0 Å². The van der Waals surface area contributed by atoms with Crippen molar-refractivity contribution in [3.8, 4) is 23.0 Å². The Kier molecular flexibility index (Phi) is 4.67. The Morgan fingerprint density at radius 1 is 0.810 bits per heavy atom. The van der Waals surface area contributed by atoms with Crippen molar-refractivity contribution in [2.75, 3.05) is 0 Å². The van der Waals surface area contributed by atoms with Gasteiger partial charge in [0.2, 0.25) is 0 Å². The zero-order valence-electron chi connectivity index (χ0n) is 11.7. The highest BCUT2D eigenvalue weighted by molar-refractivity contribution is 5.45. The van der Waals surface area contributed by atoms with Gasteiger partial charge in [0.25, 0.3) is 0 Å². The highest BCUT2D eigenvalue weighted by Crippen LogP contribution is 2.30. The van der Waals surface area contributed by atoms with Crippen LogP contribution in [0.2, 0.25) is 0 Å². The number of phenolic OH excluding ortho intramolecular Hbond substituents is 2. The van der Waals surface area contributed by atoms with Crippen LogP contribution in [0, 0.1) is 0 Å². The van der Waals surface area contributed by atoms with Crippen LogP contribution in [0.5, 0.6) is 23.0 Å². The Bertz CT molecular complexity index is 602. The molecule has 3 heteroatoms. The third-order valence-corrected chi connectivity index (χ3v) is 3.07. The molecule has 0 saturated heterocycles. The van der Waals surface area contributed by atoms with Crippen LogP contribution in [0.4, 0.5) is 0 Å². The molecule has 3 nitrogen and oxygen atoms in total. The number of aromatic hydroxyl groups is 2. The molecule has 0 saturated carbocycles. The Morgan fingerprint density at radius 2 is 1.24 bits per heavy atom. The summed E-state index contributed by atoms with van der Waals surface area (Å²) in [6, 6.07) is 10.1. The molecule has 0 radical (unpaired) electrons. The summed E-state index contributed by atoms with van der Waals surface area (Å²) in [4.78, 5) is 0. The van der Waals surface area contributed by atoms with Gasteiger partial charge >= 0.3 is 0 Å². The maximum atomic E-state index is 9.74. The minimum atomic E-state index is 0.223. The number of allylic oxidation sites excluding steroid dienone is 2. The average Bonchev–Trinajstić information content (AvgIpc) is 2.47. The lowest BCUT2D eigenvalue weighted by atomic mass is 10.1. The largest absolute Gasteiger partial charge is 0.508 e. The van der Waals surface area contributed by atoms with Gasteiger partial charge in [-0.1, -0.05) is 12.2 Å². The van der Waals surface area contributed by atoms with Crippen molar-refractivity contribution in [3.63, 3.8) is 0 Å². The minimum absolute atomic E-state index is 0.223. The molecular formula is C18H18O3. The third-order valence-electron chi connectivity index (χ3n) is 3.07. The van der Waals surface area contributed by atoms with Crippen LogP contribution in [0.25, 0.3) is 0 Å². The van der Waals surface area contributed by atoms with Crippen molar-refractivity contribution in [2.45, 2.75) is 12.8 Å². The van der Waals surface area contributed by atoms with Gasteiger partial charge in [0.05, 0.1) is 0 Å². The molecule has 0 aliphatic carbocycles. The fourth-order valence-corrected chi connectivity index (χ4v) is 2.02. The Labute approximate surface area is 124 Å². The normalized spacial score (nSPS) is 10.1. The molecule has 108 valence electrons. The summed E-state index contributed by atoms with van der Waals surface area (Å²) in [6.07, 6.45) is 4.59. The zero-order valence-corrected chi connectivity index (χ0v) is 11.7. The van der Waals surface area contributed by atoms with Gasteiger partial charge in [0.1, 0.15) is 23.0 Å². The molecule has 0 aliphatic heterocycles. The van der Waals surface area contributed by atoms with Gasteiger partial charge in [-0.15, -0.1) is 13.2 Å². The second-order valence-electron chi connectivity index (χ2n) is 4.67. The molecule has 0 unspecified atom stereocenters. The van der Waals surface area contributed by atoms with Crippen LogP contribution in [0.3, 0.4) is 0 Å². The maximum absolute atomic E-state index is 9.74. The summed E-state index contributed by atoms with van der Waals surface area (Å²) in [5.74, 6) is 1.69. The Hall–Kier alpha value is -2.68. The predicted octanol–water partition coefficient (Wildman–Crippen LogP) is 4.35. The predicted molar refractivity (Wildman–Crippen MR) is 84.1 cm³/mol. The van der Waals surface area contributed by atoms with E-state index >= 15 is 0 Å². The molecule has 0 spiro atoms. The van der Waals surface area contributed by atoms with E-state index in [4.69, 9.17) is 4.74 Å². The first-order valence-corrected chi connectivity index (χ1v) is 6.67. The molecule has 0 heterocycles. The number of benzene rings is 2. The molecule has 2 N–H and O–H groups in total. The molecule has 2 aromatic rings. The summed E-state index contributed by atoms with van der Waals surface area (Å²) >= 11 is 0. The van der Waals surface area contributed by atoms with E-state index in [1.54, 1.807) is 48.6 Å². The van der Waals surface area contributed by atoms with Gasteiger partial charge in [-0.25, -0.2) is 0 Å². The maximum Gasteiger partial charge on any atom is 0.127 e. The highest BCUT2D eigenvalue weighted by atomic mass is 16.5. The molecule has 0 fully saturated rings. The van der Waals surface area contributed by atoms with Gasteiger partial charge < -0.3 is 14.9 Å². The van der Waals surface area contributed by atoms with E-state index in [1.165, 1.54) is 0 Å². The van der Waals surface area contributed by atoms with Crippen LogP contribution >= 0.6 is 0 Å². The van der Waals surface area contributed by atoms with Crippen LogP contribution < -0.4 is 4.74 Å². The number of ether oxygens (including phenoxy) is 1. The van der Waals surface area contributed by atoms with Crippen molar-refractivity contribution >= 4 is 0 Å². The van der Waals surface area contributed by atoms with Gasteiger partial charge in [-0.3, -0.25) is 0 Å². The van der Waals surface area contributed by atoms with E-state index in [0.717, 1.165) is 11.1 Å². The fraction of sp³-hybridized carbons (Fsp3) is 0.111. The molecular weight excluding hydrogens is 264 g/mol. The average molecular weight is 282 g/mol. The number of rotatable bonds is 6. The molecule has 0 aliphatic rings. The summed E-state index contributed by atoms with van der Waals surface area (Å²) in [6.45, 7) is 7.33. The van der Waals surface area contributed by atoms with Gasteiger partial charge in [-0.05, 0) is 49.2 Å². The van der Waals surface area contributed by atoms with E-state index in [2.05, 4.69) is 13.2 Å². The second-order valence-corrected chi connectivity index (χ2v) is 4.67. The first-order valence-electron chi connectivity index (χ1n) is 6.67. The van der Waals surface area contributed by atoms with Crippen LogP contribution in [-0.4, -0.2) is 10.2 Å². The summed E-state index contributed by atoms with van der Waals surface area (Å²) in [5.41, 5.74) is 1.51. The van der Waals surface area contributed by atoms with Crippen LogP contribution in [0.1, 0.15) is 11.1 Å². The molecule has 0 amide bonds. The topological polar surface area (TPSA) is 49.7 Å². The Morgan fingerprint density at radius 3 is 1.62 bits per heavy atom. The quantitative estimate of drug-likeness (QED) is 0.774. The summed E-state index contributed by atoms with van der Waals surface area (Å²) in [5, 5.41) is 19.5. The monoisotopic (exact) mass is 282 g/mol. The minimum Gasteiger partial charge on any atom is -0.508 e. The van der Waals surface area contributed by atoms with E-state index in [9.17, 15) is 10.2 Å². The summed E-state index contributed by atoms with van der Waals surface area (Å²) < 4.78 is 5.77. The lowest BCUT2D eigenvalue weighted by Crippen LogP contribution is -1.90. The Balaban J connectivity index is 2.25. The first-order chi connectivity index (χ1) is 10.1. The van der Waals surface area contributed by atoms with Crippen molar-refractivity contribution in [3.05, 3.63) is 72.8 Å². The van der Waals surface area contributed by atoms with E-state index in [-0.39, 0.29) is 11.5 Å². The lowest BCUT2D eigenvalue weighted by molar-refractivity contribution is 0.453. The van der Waals surface area contributed by atoms with Gasteiger partial charge in [0.15, 0.2) is 0 Å². The molecule has 0 atom stereocenters. The standard InChI is InChI=1S/C18H18O3/c1-3-5-13-11-15(7-9-17(13)19)21-16-8-10-18(20)14(12-16)6-4-2/h3-4,7-12,19-20H,1-2,5-6H2. The van der Waals surface area contributed by atoms with Crippen molar-refractivity contribution in [2.24, 2.45) is 0 Å². The highest BCUT2D eigenvalue weighted by Gasteiger charge is 2.06. The SMILES string of the molecule is C=CCc1cc(Oc2ccc(O)c(CC=C)c2)ccc1O. The molecule has 2 rings (SSSR count). The second kappa shape index (κ2) is 6.66. The zero-order chi connectivity index (χ0) is 15.2. The first kappa shape index (κ1) is 14.7.